The zero-order valence-corrected chi connectivity index (χ0v) is 19.0. The summed E-state index contributed by atoms with van der Waals surface area (Å²) >= 11 is 0. The van der Waals surface area contributed by atoms with Crippen molar-refractivity contribution in [2.24, 2.45) is 0 Å². The molecule has 1 aliphatic carbocycles. The van der Waals surface area contributed by atoms with Crippen LogP contribution in [0.3, 0.4) is 0 Å². The minimum atomic E-state index is -0.984. The van der Waals surface area contributed by atoms with E-state index in [1.165, 1.54) is 0 Å². The van der Waals surface area contributed by atoms with Crippen LogP contribution < -0.4 is 0 Å². The van der Waals surface area contributed by atoms with Crippen LogP contribution in [0.4, 0.5) is 0 Å². The predicted octanol–water partition coefficient (Wildman–Crippen LogP) is 5.59. The summed E-state index contributed by atoms with van der Waals surface area (Å²) in [5.41, 5.74) is 3.56. The van der Waals surface area contributed by atoms with Gasteiger partial charge in [-0.1, -0.05) is 84.9 Å². The number of rotatable bonds is 4. The Morgan fingerprint density at radius 2 is 1.68 bits per heavy atom. The Balaban J connectivity index is 1.66. The van der Waals surface area contributed by atoms with Gasteiger partial charge in [0.05, 0.1) is 12.6 Å². The third-order valence-electron chi connectivity index (χ3n) is 7.32. The highest BCUT2D eigenvalue weighted by Crippen LogP contribution is 2.57. The van der Waals surface area contributed by atoms with Crippen LogP contribution >= 0.6 is 0 Å². The van der Waals surface area contributed by atoms with Crippen molar-refractivity contribution in [3.05, 3.63) is 119 Å². The summed E-state index contributed by atoms with van der Waals surface area (Å²) in [6.45, 7) is 2.55. The highest BCUT2D eigenvalue weighted by molar-refractivity contribution is 6.04. The minimum Gasteiger partial charge on any atom is -0.465 e. The van der Waals surface area contributed by atoms with Gasteiger partial charge in [0, 0.05) is 12.1 Å². The minimum absolute atomic E-state index is 0.0508. The molecule has 0 aromatic heterocycles. The fourth-order valence-electron chi connectivity index (χ4n) is 5.95. The number of ether oxygens (including phenoxy) is 1. The van der Waals surface area contributed by atoms with Gasteiger partial charge in [-0.15, -0.1) is 0 Å². The number of esters is 1. The second-order valence-corrected chi connectivity index (χ2v) is 9.09. The molecule has 4 heteroatoms. The van der Waals surface area contributed by atoms with E-state index in [-0.39, 0.29) is 11.9 Å². The van der Waals surface area contributed by atoms with E-state index in [0.29, 0.717) is 25.1 Å². The Labute approximate surface area is 198 Å². The van der Waals surface area contributed by atoms with Crippen LogP contribution in [-0.4, -0.2) is 23.4 Å². The summed E-state index contributed by atoms with van der Waals surface area (Å²) < 4.78 is 5.74. The zero-order chi connectivity index (χ0) is 23.3. The SMILES string of the molecule is CCOC(=O)[C@]12Cc3ccc4ccccc4c3[C@H]1N(Cc1ccccc1)C(=O)c1ccccc12. The molecule has 34 heavy (non-hydrogen) atoms. The maximum Gasteiger partial charge on any atom is 0.319 e. The average Bonchev–Trinajstić information content (AvgIpc) is 3.24. The van der Waals surface area contributed by atoms with E-state index in [2.05, 4.69) is 24.3 Å². The Kier molecular flexibility index (Phi) is 4.77. The van der Waals surface area contributed by atoms with E-state index in [1.807, 2.05) is 78.6 Å². The normalized spacial score (nSPS) is 20.6. The van der Waals surface area contributed by atoms with Gasteiger partial charge in [0.2, 0.25) is 0 Å². The summed E-state index contributed by atoms with van der Waals surface area (Å²) in [6.07, 6.45) is 0.506. The molecule has 4 nitrogen and oxygen atoms in total. The van der Waals surface area contributed by atoms with Crippen molar-refractivity contribution in [3.8, 4) is 0 Å². The molecular weight excluding hydrogens is 422 g/mol. The molecular formula is C30H25NO3. The standard InChI is InChI=1S/C30H25NO3/c1-2-34-29(33)30-18-22-17-16-21-12-6-7-13-23(21)26(22)27(30)31(19-20-10-4-3-5-11-20)28(32)24-14-8-9-15-25(24)30/h3-17,27H,2,18-19H2,1H3/t27-,30+/m1/s1. The molecule has 0 saturated carbocycles. The smallest absolute Gasteiger partial charge is 0.319 e. The van der Waals surface area contributed by atoms with Crippen LogP contribution in [0.1, 0.15) is 45.6 Å². The molecule has 2 atom stereocenters. The van der Waals surface area contributed by atoms with Gasteiger partial charge in [-0.25, -0.2) is 0 Å². The number of benzene rings is 4. The zero-order valence-electron chi connectivity index (χ0n) is 19.0. The summed E-state index contributed by atoms with van der Waals surface area (Å²) in [5, 5.41) is 2.19. The van der Waals surface area contributed by atoms with Crippen LogP contribution in [0, 0.1) is 0 Å². The maximum absolute atomic E-state index is 14.0. The van der Waals surface area contributed by atoms with Gasteiger partial charge in [0.1, 0.15) is 5.41 Å². The molecule has 168 valence electrons. The average molecular weight is 448 g/mol. The third-order valence-corrected chi connectivity index (χ3v) is 7.32. The highest BCUT2D eigenvalue weighted by atomic mass is 16.5. The van der Waals surface area contributed by atoms with E-state index in [9.17, 15) is 9.59 Å². The fourth-order valence-corrected chi connectivity index (χ4v) is 5.95. The Bertz CT molecular complexity index is 1430. The lowest BCUT2D eigenvalue weighted by Crippen LogP contribution is -2.54. The monoisotopic (exact) mass is 447 g/mol. The molecule has 0 fully saturated rings. The number of fused-ring (bicyclic) bond motifs is 7. The molecule has 4 aromatic carbocycles. The molecule has 1 amide bonds. The van der Waals surface area contributed by atoms with E-state index >= 15 is 0 Å². The van der Waals surface area contributed by atoms with Crippen molar-refractivity contribution >= 4 is 22.6 Å². The summed E-state index contributed by atoms with van der Waals surface area (Å²) in [4.78, 5) is 29.8. The lowest BCUT2D eigenvalue weighted by atomic mass is 9.69. The van der Waals surface area contributed by atoms with E-state index < -0.39 is 11.5 Å². The lowest BCUT2D eigenvalue weighted by molar-refractivity contribution is -0.153. The summed E-state index contributed by atoms with van der Waals surface area (Å²) in [5.74, 6) is -0.316. The Hall–Kier alpha value is -3.92. The van der Waals surface area contributed by atoms with Gasteiger partial charge < -0.3 is 9.64 Å². The van der Waals surface area contributed by atoms with Gasteiger partial charge in [0.15, 0.2) is 0 Å². The molecule has 0 radical (unpaired) electrons. The molecule has 1 heterocycles. The second-order valence-electron chi connectivity index (χ2n) is 9.09. The highest BCUT2D eigenvalue weighted by Gasteiger charge is 2.61. The third kappa shape index (κ3) is 2.84. The van der Waals surface area contributed by atoms with E-state index in [0.717, 1.165) is 33.0 Å². The molecule has 0 bridgehead atoms. The maximum atomic E-state index is 14.0. The van der Waals surface area contributed by atoms with E-state index in [1.54, 1.807) is 0 Å². The summed E-state index contributed by atoms with van der Waals surface area (Å²) in [6, 6.07) is 29.5. The Morgan fingerprint density at radius 1 is 0.941 bits per heavy atom. The molecule has 0 spiro atoms. The first-order valence-electron chi connectivity index (χ1n) is 11.8. The number of nitrogens with zero attached hydrogens (tertiary/aromatic N) is 1. The lowest BCUT2D eigenvalue weighted by Gasteiger charge is -2.46. The summed E-state index contributed by atoms with van der Waals surface area (Å²) in [7, 11) is 0. The van der Waals surface area contributed by atoms with Gasteiger partial charge in [0.25, 0.3) is 5.91 Å². The van der Waals surface area contributed by atoms with E-state index in [4.69, 9.17) is 4.74 Å². The second kappa shape index (κ2) is 7.84. The fraction of sp³-hybridized carbons (Fsp3) is 0.200. The van der Waals surface area contributed by atoms with Crippen molar-refractivity contribution < 1.29 is 14.3 Å². The van der Waals surface area contributed by atoms with Crippen LogP contribution in [-0.2, 0) is 27.9 Å². The number of carbonyl (C=O) groups excluding carboxylic acids is 2. The number of amides is 1. The first-order chi connectivity index (χ1) is 16.6. The van der Waals surface area contributed by atoms with Crippen LogP contribution in [0.2, 0.25) is 0 Å². The van der Waals surface area contributed by atoms with Crippen molar-refractivity contribution in [1.82, 2.24) is 4.90 Å². The molecule has 0 unspecified atom stereocenters. The quantitative estimate of drug-likeness (QED) is 0.383. The molecule has 2 aliphatic rings. The van der Waals surface area contributed by atoms with Crippen molar-refractivity contribution in [2.75, 3.05) is 6.61 Å². The number of hydrogen-bond acceptors (Lipinski definition) is 3. The molecule has 1 aliphatic heterocycles. The largest absolute Gasteiger partial charge is 0.465 e. The number of carbonyl (C=O) groups is 2. The topological polar surface area (TPSA) is 46.6 Å². The first-order valence-corrected chi connectivity index (χ1v) is 11.8. The van der Waals surface area contributed by atoms with Gasteiger partial charge in [-0.2, -0.15) is 0 Å². The van der Waals surface area contributed by atoms with Crippen molar-refractivity contribution in [2.45, 2.75) is 31.3 Å². The van der Waals surface area contributed by atoms with Crippen molar-refractivity contribution in [3.63, 3.8) is 0 Å². The Morgan fingerprint density at radius 3 is 2.50 bits per heavy atom. The van der Waals surface area contributed by atoms with Gasteiger partial charge >= 0.3 is 5.97 Å². The molecule has 4 aromatic rings. The van der Waals surface area contributed by atoms with Crippen LogP contribution in [0.25, 0.3) is 10.8 Å². The molecule has 0 N–H and O–H groups in total. The van der Waals surface area contributed by atoms with Crippen LogP contribution in [0.15, 0.2) is 91.0 Å². The predicted molar refractivity (Wildman–Crippen MR) is 131 cm³/mol. The first kappa shape index (κ1) is 20.7. The molecule has 0 saturated heterocycles. The molecule has 6 rings (SSSR count). The van der Waals surface area contributed by atoms with Gasteiger partial charge in [-0.05, 0) is 52.4 Å². The van der Waals surface area contributed by atoms with Crippen LogP contribution in [0.5, 0.6) is 0 Å². The van der Waals surface area contributed by atoms with Gasteiger partial charge in [-0.3, -0.25) is 9.59 Å². The number of hydrogen-bond donors (Lipinski definition) is 0. The van der Waals surface area contributed by atoms with Crippen molar-refractivity contribution in [1.29, 1.82) is 0 Å².